The molecule has 0 amide bonds. The molecule has 0 aromatic carbocycles. The van der Waals surface area contributed by atoms with Crippen LogP contribution < -0.4 is 10.5 Å². The van der Waals surface area contributed by atoms with Crippen LogP contribution in [0, 0.1) is 13.8 Å². The van der Waals surface area contributed by atoms with Crippen LogP contribution in [0.5, 0.6) is 5.19 Å². The minimum Gasteiger partial charge on any atom is -0.467 e. The predicted molar refractivity (Wildman–Crippen MR) is 57.8 cm³/mol. The number of aryl methyl sites for hydroxylation is 2. The molecule has 3 nitrogen and oxygen atoms in total. The van der Waals surface area contributed by atoms with Gasteiger partial charge in [0.15, 0.2) is 0 Å². The first kappa shape index (κ1) is 9.93. The first-order valence-electron chi connectivity index (χ1n) is 5.01. The second-order valence-electron chi connectivity index (χ2n) is 3.93. The van der Waals surface area contributed by atoms with Crippen LogP contribution in [-0.4, -0.2) is 17.1 Å². The van der Waals surface area contributed by atoms with Gasteiger partial charge < -0.3 is 10.5 Å². The molecule has 0 aliphatic heterocycles. The largest absolute Gasteiger partial charge is 0.467 e. The fourth-order valence-electron chi connectivity index (χ4n) is 1.72. The third-order valence-electron chi connectivity index (χ3n) is 2.70. The molecule has 2 unspecified atom stereocenters. The third-order valence-corrected chi connectivity index (χ3v) is 3.67. The zero-order valence-corrected chi connectivity index (χ0v) is 9.43. The molecule has 0 saturated heterocycles. The van der Waals surface area contributed by atoms with Crippen molar-refractivity contribution in [1.82, 2.24) is 4.98 Å². The van der Waals surface area contributed by atoms with Gasteiger partial charge in [-0.2, -0.15) is 0 Å². The summed E-state index contributed by atoms with van der Waals surface area (Å²) in [5, 5.41) is 0.805. The van der Waals surface area contributed by atoms with Crippen LogP contribution in [0.25, 0.3) is 0 Å². The lowest BCUT2D eigenvalue weighted by molar-refractivity contribution is 0.207. The fourth-order valence-corrected chi connectivity index (χ4v) is 2.54. The van der Waals surface area contributed by atoms with E-state index in [4.69, 9.17) is 10.5 Å². The van der Waals surface area contributed by atoms with Crippen LogP contribution in [0.3, 0.4) is 0 Å². The van der Waals surface area contributed by atoms with Gasteiger partial charge in [-0.1, -0.05) is 11.3 Å². The maximum atomic E-state index is 5.82. The molecule has 1 fully saturated rings. The van der Waals surface area contributed by atoms with Crippen molar-refractivity contribution >= 4 is 11.3 Å². The Morgan fingerprint density at radius 2 is 2.21 bits per heavy atom. The van der Waals surface area contributed by atoms with E-state index in [1.807, 2.05) is 6.92 Å². The number of ether oxygens (including phenoxy) is 1. The van der Waals surface area contributed by atoms with E-state index in [0.717, 1.165) is 30.2 Å². The zero-order chi connectivity index (χ0) is 10.1. The Bertz CT molecular complexity index is 304. The summed E-state index contributed by atoms with van der Waals surface area (Å²) in [5.41, 5.74) is 6.89. The second kappa shape index (κ2) is 3.87. The second-order valence-corrected chi connectivity index (χ2v) is 5.10. The molecule has 0 bridgehead atoms. The number of nitrogens with zero attached hydrogens (tertiary/aromatic N) is 1. The normalized spacial score (nSPS) is 26.8. The number of rotatable bonds is 2. The van der Waals surface area contributed by atoms with Gasteiger partial charge in [-0.3, -0.25) is 0 Å². The van der Waals surface area contributed by atoms with Gasteiger partial charge in [-0.05, 0) is 33.1 Å². The van der Waals surface area contributed by atoms with Crippen molar-refractivity contribution in [3.05, 3.63) is 10.6 Å². The average Bonchev–Trinajstić information content (AvgIpc) is 2.62. The van der Waals surface area contributed by atoms with Crippen molar-refractivity contribution in [2.75, 3.05) is 0 Å². The Balaban J connectivity index is 1.97. The molecule has 2 rings (SSSR count). The lowest BCUT2D eigenvalue weighted by atomic mass is 10.3. The van der Waals surface area contributed by atoms with E-state index in [1.54, 1.807) is 11.3 Å². The highest BCUT2D eigenvalue weighted by Crippen LogP contribution is 2.28. The minimum atomic E-state index is 0.287. The summed E-state index contributed by atoms with van der Waals surface area (Å²) < 4.78 is 5.77. The van der Waals surface area contributed by atoms with Crippen LogP contribution in [0.4, 0.5) is 0 Å². The van der Waals surface area contributed by atoms with Crippen molar-refractivity contribution in [2.45, 2.75) is 45.3 Å². The van der Waals surface area contributed by atoms with E-state index in [9.17, 15) is 0 Å². The Labute approximate surface area is 88.3 Å². The van der Waals surface area contributed by atoms with Crippen molar-refractivity contribution in [1.29, 1.82) is 0 Å². The lowest BCUT2D eigenvalue weighted by Gasteiger charge is -2.09. The first-order chi connectivity index (χ1) is 6.65. The molecular formula is C10H16N2OS. The summed E-state index contributed by atoms with van der Waals surface area (Å²) in [5.74, 6) is 0. The van der Waals surface area contributed by atoms with Crippen LogP contribution >= 0.6 is 11.3 Å². The van der Waals surface area contributed by atoms with E-state index in [0.29, 0.717) is 6.04 Å². The predicted octanol–water partition coefficient (Wildman–Crippen LogP) is 2.02. The van der Waals surface area contributed by atoms with Gasteiger partial charge in [-0.15, -0.1) is 0 Å². The van der Waals surface area contributed by atoms with Gasteiger partial charge in [0, 0.05) is 10.9 Å². The summed E-state index contributed by atoms with van der Waals surface area (Å²) in [7, 11) is 0. The average molecular weight is 212 g/mol. The monoisotopic (exact) mass is 212 g/mol. The minimum absolute atomic E-state index is 0.287. The molecule has 2 atom stereocenters. The first-order valence-corrected chi connectivity index (χ1v) is 5.83. The molecule has 14 heavy (non-hydrogen) atoms. The Morgan fingerprint density at radius 1 is 1.43 bits per heavy atom. The SMILES string of the molecule is Cc1nc(OC2CCC(N)C2)sc1C. The molecule has 1 heterocycles. The quantitative estimate of drug-likeness (QED) is 0.816. The van der Waals surface area contributed by atoms with Gasteiger partial charge in [0.2, 0.25) is 0 Å². The summed E-state index contributed by atoms with van der Waals surface area (Å²) >= 11 is 1.63. The number of nitrogens with two attached hydrogens (primary N) is 1. The fraction of sp³-hybridized carbons (Fsp3) is 0.700. The highest BCUT2D eigenvalue weighted by molar-refractivity contribution is 7.13. The third kappa shape index (κ3) is 2.07. The number of hydrogen-bond donors (Lipinski definition) is 1. The number of thiazole rings is 1. The molecule has 4 heteroatoms. The molecule has 0 spiro atoms. The molecule has 1 aromatic rings. The van der Waals surface area contributed by atoms with E-state index in [-0.39, 0.29) is 6.10 Å². The zero-order valence-electron chi connectivity index (χ0n) is 8.62. The van der Waals surface area contributed by atoms with Crippen molar-refractivity contribution in [2.24, 2.45) is 5.73 Å². The Morgan fingerprint density at radius 3 is 2.71 bits per heavy atom. The van der Waals surface area contributed by atoms with Gasteiger partial charge in [0.1, 0.15) is 6.10 Å². The molecular weight excluding hydrogens is 196 g/mol. The molecule has 0 radical (unpaired) electrons. The Kier molecular flexibility index (Phi) is 2.74. The standard InChI is InChI=1S/C10H16N2OS/c1-6-7(2)14-10(12-6)13-9-4-3-8(11)5-9/h8-9H,3-5,11H2,1-2H3. The number of aromatic nitrogens is 1. The maximum Gasteiger partial charge on any atom is 0.273 e. The van der Waals surface area contributed by atoms with E-state index in [1.165, 1.54) is 4.88 Å². The van der Waals surface area contributed by atoms with E-state index in [2.05, 4.69) is 11.9 Å². The smallest absolute Gasteiger partial charge is 0.273 e. The van der Waals surface area contributed by atoms with Gasteiger partial charge in [0.05, 0.1) is 5.69 Å². The number of hydrogen-bond acceptors (Lipinski definition) is 4. The van der Waals surface area contributed by atoms with Crippen molar-refractivity contribution < 1.29 is 4.74 Å². The van der Waals surface area contributed by atoms with Gasteiger partial charge >= 0.3 is 0 Å². The van der Waals surface area contributed by atoms with Gasteiger partial charge in [-0.25, -0.2) is 4.98 Å². The van der Waals surface area contributed by atoms with Gasteiger partial charge in [0.25, 0.3) is 5.19 Å². The van der Waals surface area contributed by atoms with E-state index >= 15 is 0 Å². The van der Waals surface area contributed by atoms with Crippen LogP contribution in [0.15, 0.2) is 0 Å². The van der Waals surface area contributed by atoms with E-state index < -0.39 is 0 Å². The summed E-state index contributed by atoms with van der Waals surface area (Å²) in [6, 6.07) is 0.321. The molecule has 78 valence electrons. The Hall–Kier alpha value is -0.610. The molecule has 1 aromatic heterocycles. The highest BCUT2D eigenvalue weighted by atomic mass is 32.1. The topological polar surface area (TPSA) is 48.1 Å². The van der Waals surface area contributed by atoms with Crippen LogP contribution in [0.2, 0.25) is 0 Å². The van der Waals surface area contributed by atoms with Crippen molar-refractivity contribution in [3.8, 4) is 5.19 Å². The molecule has 1 aliphatic rings. The molecule has 1 saturated carbocycles. The highest BCUT2D eigenvalue weighted by Gasteiger charge is 2.24. The summed E-state index contributed by atoms with van der Waals surface area (Å²) in [6.45, 7) is 4.08. The van der Waals surface area contributed by atoms with Crippen LogP contribution in [0.1, 0.15) is 29.8 Å². The van der Waals surface area contributed by atoms with Crippen LogP contribution in [-0.2, 0) is 0 Å². The molecule has 1 aliphatic carbocycles. The lowest BCUT2D eigenvalue weighted by Crippen LogP contribution is -2.19. The van der Waals surface area contributed by atoms with Crippen molar-refractivity contribution in [3.63, 3.8) is 0 Å². The maximum absolute atomic E-state index is 5.82. The molecule has 2 N–H and O–H groups in total. The summed E-state index contributed by atoms with van der Waals surface area (Å²) in [6.07, 6.45) is 3.40. The summed E-state index contributed by atoms with van der Waals surface area (Å²) in [4.78, 5) is 5.59.